The van der Waals surface area contributed by atoms with E-state index in [0.717, 1.165) is 29.6 Å². The van der Waals surface area contributed by atoms with Crippen LogP contribution in [0.1, 0.15) is 18.1 Å². The maximum atomic E-state index is 12.0. The Morgan fingerprint density at radius 1 is 1.17 bits per heavy atom. The molecule has 9 nitrogen and oxygen atoms in total. The van der Waals surface area contributed by atoms with E-state index in [1.807, 2.05) is 35.2 Å². The van der Waals surface area contributed by atoms with Gasteiger partial charge in [-0.1, -0.05) is 12.1 Å². The van der Waals surface area contributed by atoms with Gasteiger partial charge in [-0.05, 0) is 41.0 Å². The number of anilines is 1. The van der Waals surface area contributed by atoms with E-state index >= 15 is 0 Å². The second-order valence-electron chi connectivity index (χ2n) is 8.25. The number of benzene rings is 2. The number of fused-ring (bicyclic) bond motifs is 3. The zero-order valence-electron chi connectivity index (χ0n) is 19.4. The molecule has 3 aromatic heterocycles. The van der Waals surface area contributed by atoms with Crippen LogP contribution in [0.5, 0.6) is 16.7 Å². The van der Waals surface area contributed by atoms with Gasteiger partial charge in [0.15, 0.2) is 5.76 Å². The fourth-order valence-corrected chi connectivity index (χ4v) is 5.03. The monoisotopic (exact) mass is 490 g/mol. The minimum Gasteiger partial charge on any atom is -0.496 e. The van der Waals surface area contributed by atoms with Gasteiger partial charge in [-0.25, -0.2) is 9.50 Å². The van der Waals surface area contributed by atoms with Crippen LogP contribution >= 0.6 is 11.3 Å². The number of methoxy groups -OCH3 is 2. The lowest BCUT2D eigenvalue weighted by atomic mass is 10.1. The van der Waals surface area contributed by atoms with Gasteiger partial charge in [0.25, 0.3) is 5.19 Å². The number of furan rings is 1. The lowest BCUT2D eigenvalue weighted by Crippen LogP contribution is -2.25. The zero-order valence-corrected chi connectivity index (χ0v) is 20.2. The number of carbonyl (C=O) groups excluding carboxylic acids is 1. The Morgan fingerprint density at radius 3 is 2.83 bits per heavy atom. The summed E-state index contributed by atoms with van der Waals surface area (Å²) in [7, 11) is 3.18. The molecule has 1 amide bonds. The molecule has 0 saturated carbocycles. The smallest absolute Gasteiger partial charge is 0.294 e. The zero-order chi connectivity index (χ0) is 24.1. The van der Waals surface area contributed by atoms with Crippen LogP contribution < -0.4 is 19.1 Å². The molecule has 178 valence electrons. The highest BCUT2D eigenvalue weighted by molar-refractivity contribution is 7.18. The van der Waals surface area contributed by atoms with Crippen LogP contribution in [0.3, 0.4) is 0 Å². The van der Waals surface area contributed by atoms with Crippen molar-refractivity contribution in [1.82, 2.24) is 14.6 Å². The van der Waals surface area contributed by atoms with Crippen molar-refractivity contribution in [2.24, 2.45) is 0 Å². The molecule has 4 heterocycles. The summed E-state index contributed by atoms with van der Waals surface area (Å²) in [4.78, 5) is 19.1. The van der Waals surface area contributed by atoms with Crippen molar-refractivity contribution in [3.63, 3.8) is 0 Å². The normalized spacial score (nSPS) is 12.9. The predicted octanol–water partition coefficient (Wildman–Crippen LogP) is 4.71. The molecule has 0 fully saturated rings. The molecule has 0 saturated heterocycles. The molecule has 5 aromatic rings. The van der Waals surface area contributed by atoms with Crippen molar-refractivity contribution in [2.45, 2.75) is 20.0 Å². The summed E-state index contributed by atoms with van der Waals surface area (Å²) in [5.41, 5.74) is 4.42. The molecular formula is C25H22N4O5S. The van der Waals surface area contributed by atoms with Crippen LogP contribution in [-0.2, 0) is 17.8 Å². The molecule has 0 bridgehead atoms. The van der Waals surface area contributed by atoms with Gasteiger partial charge < -0.3 is 23.5 Å². The standard InChI is InChI=1S/C25H22N4O5S/c1-14(30)28-7-6-16-5-4-15(8-20(16)28)13-33-21-9-17(31-2)10-22-18(21)11-23(34-22)19-12-29-24(26-19)35-25(27-29)32-3/h4-5,8-12H,6-7,13H2,1-3H3. The third kappa shape index (κ3) is 3.75. The molecule has 2 aromatic carbocycles. The summed E-state index contributed by atoms with van der Waals surface area (Å²) >= 11 is 1.35. The van der Waals surface area contributed by atoms with Crippen LogP contribution in [0.2, 0.25) is 0 Å². The molecule has 0 spiro atoms. The molecule has 6 rings (SSSR count). The Hall–Kier alpha value is -4.05. The van der Waals surface area contributed by atoms with Crippen LogP contribution in [0.4, 0.5) is 5.69 Å². The molecule has 0 radical (unpaired) electrons. The van der Waals surface area contributed by atoms with Gasteiger partial charge in [0.05, 0.1) is 25.8 Å². The average Bonchev–Trinajstić information content (AvgIpc) is 3.62. The third-order valence-electron chi connectivity index (χ3n) is 6.08. The minimum atomic E-state index is 0.0510. The molecular weight excluding hydrogens is 468 g/mol. The van der Waals surface area contributed by atoms with E-state index in [4.69, 9.17) is 18.6 Å². The van der Waals surface area contributed by atoms with Crippen LogP contribution in [0.25, 0.3) is 27.4 Å². The van der Waals surface area contributed by atoms with Crippen molar-refractivity contribution in [1.29, 1.82) is 0 Å². The summed E-state index contributed by atoms with van der Waals surface area (Å²) in [6.45, 7) is 2.65. The number of nitrogens with zero attached hydrogens (tertiary/aromatic N) is 4. The minimum absolute atomic E-state index is 0.0510. The molecule has 0 aliphatic carbocycles. The van der Waals surface area contributed by atoms with Gasteiger partial charge in [-0.15, -0.1) is 5.10 Å². The maximum absolute atomic E-state index is 12.0. The summed E-state index contributed by atoms with van der Waals surface area (Å²) in [6, 6.07) is 11.7. The Morgan fingerprint density at radius 2 is 2.06 bits per heavy atom. The Bertz CT molecular complexity index is 1550. The first kappa shape index (κ1) is 21.5. The summed E-state index contributed by atoms with van der Waals surface area (Å²) in [5, 5.41) is 5.68. The highest BCUT2D eigenvalue weighted by Gasteiger charge is 2.22. The SMILES string of the molecule is COc1cc(OCc2ccc3c(c2)N(C(C)=O)CC3)c2cc(-c3cn4nc(OC)sc4n3)oc2c1. The molecule has 0 atom stereocenters. The van der Waals surface area contributed by atoms with Gasteiger partial charge in [-0.3, -0.25) is 4.79 Å². The first-order chi connectivity index (χ1) is 17.0. The molecule has 0 unspecified atom stereocenters. The van der Waals surface area contributed by atoms with Gasteiger partial charge in [0.1, 0.15) is 29.4 Å². The molecule has 35 heavy (non-hydrogen) atoms. The first-order valence-electron chi connectivity index (χ1n) is 11.1. The van der Waals surface area contributed by atoms with E-state index in [1.165, 1.54) is 16.9 Å². The predicted molar refractivity (Wildman–Crippen MR) is 132 cm³/mol. The summed E-state index contributed by atoms with van der Waals surface area (Å²) in [5.74, 6) is 1.92. The molecule has 10 heteroatoms. The lowest BCUT2D eigenvalue weighted by molar-refractivity contribution is -0.116. The van der Waals surface area contributed by atoms with E-state index in [-0.39, 0.29) is 5.91 Å². The number of aromatic nitrogens is 3. The second-order valence-corrected chi connectivity index (χ2v) is 9.16. The average molecular weight is 491 g/mol. The van der Waals surface area contributed by atoms with Crippen molar-refractivity contribution >= 4 is 38.9 Å². The van der Waals surface area contributed by atoms with E-state index < -0.39 is 0 Å². The fourth-order valence-electron chi connectivity index (χ4n) is 4.33. The number of hydrogen-bond acceptors (Lipinski definition) is 8. The number of hydrogen-bond donors (Lipinski definition) is 0. The Kier molecular flexibility index (Phi) is 5.10. The van der Waals surface area contributed by atoms with Crippen LogP contribution in [0.15, 0.2) is 47.0 Å². The van der Waals surface area contributed by atoms with Gasteiger partial charge in [0.2, 0.25) is 10.9 Å². The molecule has 1 aliphatic heterocycles. The third-order valence-corrected chi connectivity index (χ3v) is 6.96. The second kappa shape index (κ2) is 8.31. The van der Waals surface area contributed by atoms with Crippen molar-refractivity contribution in [3.8, 4) is 28.1 Å². The topological polar surface area (TPSA) is 91.3 Å². The number of ether oxygens (including phenoxy) is 3. The number of rotatable bonds is 6. The number of amides is 1. The van der Waals surface area contributed by atoms with Crippen LogP contribution in [0, 0.1) is 0 Å². The van der Waals surface area contributed by atoms with E-state index in [2.05, 4.69) is 16.1 Å². The van der Waals surface area contributed by atoms with Crippen molar-refractivity contribution in [2.75, 3.05) is 25.7 Å². The van der Waals surface area contributed by atoms with Gasteiger partial charge in [0, 0.05) is 31.3 Å². The summed E-state index contributed by atoms with van der Waals surface area (Å²) in [6.07, 6.45) is 2.67. The fraction of sp³-hybridized carbons (Fsp3) is 0.240. The highest BCUT2D eigenvalue weighted by Crippen LogP contribution is 2.38. The van der Waals surface area contributed by atoms with Gasteiger partial charge in [-0.2, -0.15) is 0 Å². The molecule has 0 N–H and O–H groups in total. The Labute approximate surface area is 204 Å². The number of carbonyl (C=O) groups is 1. The van der Waals surface area contributed by atoms with E-state index in [9.17, 15) is 4.79 Å². The van der Waals surface area contributed by atoms with E-state index in [1.54, 1.807) is 31.9 Å². The lowest BCUT2D eigenvalue weighted by Gasteiger charge is -2.16. The highest BCUT2D eigenvalue weighted by atomic mass is 32.1. The van der Waals surface area contributed by atoms with Crippen LogP contribution in [-0.4, -0.2) is 41.3 Å². The maximum Gasteiger partial charge on any atom is 0.294 e. The number of imidazole rings is 1. The summed E-state index contributed by atoms with van der Waals surface area (Å²) < 4.78 is 24.6. The molecule has 1 aliphatic rings. The quantitative estimate of drug-likeness (QED) is 0.340. The largest absolute Gasteiger partial charge is 0.496 e. The first-order valence-corrected chi connectivity index (χ1v) is 11.9. The van der Waals surface area contributed by atoms with Crippen molar-refractivity contribution in [3.05, 3.63) is 53.7 Å². The van der Waals surface area contributed by atoms with Gasteiger partial charge >= 0.3 is 0 Å². The van der Waals surface area contributed by atoms with Crippen molar-refractivity contribution < 1.29 is 23.4 Å². The Balaban J connectivity index is 1.31. The van der Waals surface area contributed by atoms with E-state index in [0.29, 0.717) is 45.3 Å².